The topological polar surface area (TPSA) is 66.4 Å². The molecule has 0 bridgehead atoms. The molecule has 0 saturated carbocycles. The first-order valence-corrected chi connectivity index (χ1v) is 7.54. The van der Waals surface area contributed by atoms with Crippen LogP contribution < -0.4 is 5.32 Å². The third-order valence-corrected chi connectivity index (χ3v) is 4.24. The second-order valence-corrected chi connectivity index (χ2v) is 5.81. The van der Waals surface area contributed by atoms with Crippen LogP contribution in [0.2, 0.25) is 0 Å². The minimum absolute atomic E-state index is 0.121. The lowest BCUT2D eigenvalue weighted by molar-refractivity contribution is 0.0698. The molecule has 0 spiro atoms. The fourth-order valence-corrected chi connectivity index (χ4v) is 3.18. The van der Waals surface area contributed by atoms with E-state index in [1.807, 2.05) is 31.4 Å². The van der Waals surface area contributed by atoms with E-state index < -0.39 is 5.97 Å². The molecule has 0 atom stereocenters. The van der Waals surface area contributed by atoms with Crippen molar-refractivity contribution >= 4 is 28.9 Å². The highest BCUT2D eigenvalue weighted by atomic mass is 32.1. The van der Waals surface area contributed by atoms with Gasteiger partial charge in [-0.25, -0.2) is 4.79 Å². The van der Waals surface area contributed by atoms with Gasteiger partial charge in [0.2, 0.25) is 0 Å². The zero-order valence-corrected chi connectivity index (χ0v) is 13.0. The second kappa shape index (κ2) is 6.10. The Bertz CT molecular complexity index is 704. The first kappa shape index (κ1) is 15.3. The Balaban J connectivity index is 2.40. The maximum Gasteiger partial charge on any atom is 0.337 e. The molecule has 0 aliphatic rings. The van der Waals surface area contributed by atoms with Crippen molar-refractivity contribution in [3.8, 4) is 0 Å². The molecule has 2 aromatic rings. The van der Waals surface area contributed by atoms with Crippen molar-refractivity contribution in [3.05, 3.63) is 50.7 Å². The van der Waals surface area contributed by atoms with Crippen LogP contribution in [0.5, 0.6) is 0 Å². The van der Waals surface area contributed by atoms with Crippen molar-refractivity contribution < 1.29 is 14.7 Å². The molecule has 0 radical (unpaired) electrons. The van der Waals surface area contributed by atoms with Gasteiger partial charge in [-0.1, -0.05) is 13.0 Å². The van der Waals surface area contributed by atoms with Crippen molar-refractivity contribution in [3.63, 3.8) is 0 Å². The van der Waals surface area contributed by atoms with Gasteiger partial charge in [-0.3, -0.25) is 4.79 Å². The molecule has 0 aliphatic heterocycles. The maximum absolute atomic E-state index is 12.4. The number of hydrogen-bond donors (Lipinski definition) is 2. The second-order valence-electron chi connectivity index (χ2n) is 4.89. The van der Waals surface area contributed by atoms with Crippen molar-refractivity contribution in [2.45, 2.75) is 27.2 Å². The van der Waals surface area contributed by atoms with E-state index in [9.17, 15) is 14.7 Å². The largest absolute Gasteiger partial charge is 0.478 e. The Morgan fingerprint density at radius 2 is 2.00 bits per heavy atom. The third kappa shape index (κ3) is 3.13. The molecule has 1 aromatic heterocycles. The summed E-state index contributed by atoms with van der Waals surface area (Å²) in [6.45, 7) is 5.61. The zero-order chi connectivity index (χ0) is 15.6. The van der Waals surface area contributed by atoms with E-state index in [4.69, 9.17) is 0 Å². The molecule has 1 aromatic carbocycles. The van der Waals surface area contributed by atoms with Crippen LogP contribution in [0, 0.1) is 13.8 Å². The van der Waals surface area contributed by atoms with Crippen LogP contribution in [0.1, 0.15) is 43.6 Å². The SMILES string of the molecule is CCc1ccsc1C(=O)Nc1c(C)cc(C)cc1C(=O)O. The molecule has 0 saturated heterocycles. The Labute approximate surface area is 127 Å². The van der Waals surface area contributed by atoms with Gasteiger partial charge in [-0.2, -0.15) is 0 Å². The predicted octanol–water partition coefficient (Wildman–Crippen LogP) is 3.88. The van der Waals surface area contributed by atoms with Crippen LogP contribution in [0.3, 0.4) is 0 Å². The molecule has 110 valence electrons. The smallest absolute Gasteiger partial charge is 0.337 e. The van der Waals surface area contributed by atoms with E-state index in [0.29, 0.717) is 10.6 Å². The summed E-state index contributed by atoms with van der Waals surface area (Å²) in [5, 5.41) is 13.9. The predicted molar refractivity (Wildman–Crippen MR) is 84.5 cm³/mol. The summed E-state index contributed by atoms with van der Waals surface area (Å²) in [6.07, 6.45) is 0.769. The van der Waals surface area contributed by atoms with Crippen LogP contribution in [0.25, 0.3) is 0 Å². The first-order valence-electron chi connectivity index (χ1n) is 6.66. The Morgan fingerprint density at radius 1 is 1.29 bits per heavy atom. The van der Waals surface area contributed by atoms with E-state index in [2.05, 4.69) is 5.32 Å². The number of nitrogens with one attached hydrogen (secondary N) is 1. The van der Waals surface area contributed by atoms with Crippen molar-refractivity contribution in [1.82, 2.24) is 0 Å². The Hall–Kier alpha value is -2.14. The lowest BCUT2D eigenvalue weighted by atomic mass is 10.0. The minimum atomic E-state index is -1.04. The molecular formula is C16H17NO3S. The van der Waals surface area contributed by atoms with Crippen LogP contribution in [0.15, 0.2) is 23.6 Å². The van der Waals surface area contributed by atoms with Gasteiger partial charge in [0, 0.05) is 0 Å². The molecule has 21 heavy (non-hydrogen) atoms. The Morgan fingerprint density at radius 3 is 2.62 bits per heavy atom. The summed E-state index contributed by atoms with van der Waals surface area (Å²) in [5.74, 6) is -1.30. The number of amides is 1. The zero-order valence-electron chi connectivity index (χ0n) is 12.2. The van der Waals surface area contributed by atoms with E-state index in [1.54, 1.807) is 13.0 Å². The summed E-state index contributed by atoms with van der Waals surface area (Å²) in [4.78, 5) is 24.4. The maximum atomic E-state index is 12.4. The highest BCUT2D eigenvalue weighted by Crippen LogP contribution is 2.25. The average molecular weight is 303 g/mol. The van der Waals surface area contributed by atoms with Gasteiger partial charge in [-0.05, 0) is 54.5 Å². The number of aromatic carboxylic acids is 1. The van der Waals surface area contributed by atoms with Crippen molar-refractivity contribution in [1.29, 1.82) is 0 Å². The number of benzene rings is 1. The Kier molecular flexibility index (Phi) is 4.43. The fraction of sp³-hybridized carbons (Fsp3) is 0.250. The number of thiophene rings is 1. The van der Waals surface area contributed by atoms with Gasteiger partial charge in [0.25, 0.3) is 5.91 Å². The molecular weight excluding hydrogens is 286 g/mol. The molecule has 2 N–H and O–H groups in total. The molecule has 5 heteroatoms. The summed E-state index contributed by atoms with van der Waals surface area (Å²) in [6, 6.07) is 5.34. The lowest BCUT2D eigenvalue weighted by Gasteiger charge is -2.13. The van der Waals surface area contributed by atoms with Gasteiger partial charge in [0.05, 0.1) is 16.1 Å². The first-order chi connectivity index (χ1) is 9.93. The van der Waals surface area contributed by atoms with Crippen molar-refractivity contribution in [2.75, 3.05) is 5.32 Å². The van der Waals surface area contributed by atoms with Crippen LogP contribution in [-0.4, -0.2) is 17.0 Å². The fourth-order valence-electron chi connectivity index (χ4n) is 2.29. The number of anilines is 1. The number of carbonyl (C=O) groups excluding carboxylic acids is 1. The third-order valence-electron chi connectivity index (χ3n) is 3.28. The van der Waals surface area contributed by atoms with E-state index >= 15 is 0 Å². The standard InChI is InChI=1S/C16H17NO3S/c1-4-11-5-6-21-14(11)15(18)17-13-10(3)7-9(2)8-12(13)16(19)20/h5-8H,4H2,1-3H3,(H,17,18)(H,19,20). The number of carbonyl (C=O) groups is 2. The monoisotopic (exact) mass is 303 g/mol. The highest BCUT2D eigenvalue weighted by molar-refractivity contribution is 7.12. The molecule has 1 heterocycles. The van der Waals surface area contributed by atoms with E-state index in [0.717, 1.165) is 23.1 Å². The molecule has 2 rings (SSSR count). The van der Waals surface area contributed by atoms with Gasteiger partial charge in [-0.15, -0.1) is 11.3 Å². The highest BCUT2D eigenvalue weighted by Gasteiger charge is 2.18. The summed E-state index contributed by atoms with van der Waals surface area (Å²) >= 11 is 1.37. The number of rotatable bonds is 4. The molecule has 0 aliphatic carbocycles. The van der Waals surface area contributed by atoms with Gasteiger partial charge in [0.1, 0.15) is 0 Å². The lowest BCUT2D eigenvalue weighted by Crippen LogP contribution is -2.16. The van der Waals surface area contributed by atoms with Crippen molar-refractivity contribution in [2.24, 2.45) is 0 Å². The van der Waals surface area contributed by atoms with Gasteiger partial charge >= 0.3 is 5.97 Å². The van der Waals surface area contributed by atoms with E-state index in [-0.39, 0.29) is 11.5 Å². The van der Waals surface area contributed by atoms with Crippen LogP contribution >= 0.6 is 11.3 Å². The number of carboxylic acid groups (broad SMARTS) is 1. The van der Waals surface area contributed by atoms with Gasteiger partial charge < -0.3 is 10.4 Å². The summed E-state index contributed by atoms with van der Waals surface area (Å²) < 4.78 is 0. The summed E-state index contributed by atoms with van der Waals surface area (Å²) in [5.41, 5.74) is 3.06. The van der Waals surface area contributed by atoms with Crippen LogP contribution in [0.4, 0.5) is 5.69 Å². The van der Waals surface area contributed by atoms with E-state index in [1.165, 1.54) is 11.3 Å². The quantitative estimate of drug-likeness (QED) is 0.900. The normalized spacial score (nSPS) is 10.4. The molecule has 0 unspecified atom stereocenters. The molecule has 1 amide bonds. The van der Waals surface area contributed by atoms with Crippen LogP contribution in [-0.2, 0) is 6.42 Å². The summed E-state index contributed by atoms with van der Waals surface area (Å²) in [7, 11) is 0. The number of hydrogen-bond acceptors (Lipinski definition) is 3. The molecule has 0 fully saturated rings. The number of carboxylic acids is 1. The van der Waals surface area contributed by atoms with Gasteiger partial charge in [0.15, 0.2) is 0 Å². The average Bonchev–Trinajstić information content (AvgIpc) is 2.89. The number of aryl methyl sites for hydroxylation is 3. The molecule has 4 nitrogen and oxygen atoms in total. The minimum Gasteiger partial charge on any atom is -0.478 e.